The minimum absolute atomic E-state index is 0.0477. The van der Waals surface area contributed by atoms with E-state index in [-0.39, 0.29) is 11.3 Å². The normalized spacial score (nSPS) is 12.0. The van der Waals surface area contributed by atoms with E-state index < -0.39 is 10.9 Å². The Kier molecular flexibility index (Phi) is 12.0. The van der Waals surface area contributed by atoms with Crippen LogP contribution in [0.1, 0.15) is 100 Å². The first-order valence-electron chi connectivity index (χ1n) is 11.1. The van der Waals surface area contributed by atoms with Crippen LogP contribution >= 0.6 is 0 Å². The van der Waals surface area contributed by atoms with E-state index in [4.69, 9.17) is 0 Å². The molecule has 0 aliphatic rings. The topological polar surface area (TPSA) is 92.5 Å². The minimum atomic E-state index is -1.15. The third-order valence-electron chi connectivity index (χ3n) is 5.45. The second-order valence-electron chi connectivity index (χ2n) is 8.20. The van der Waals surface area contributed by atoms with Crippen molar-refractivity contribution in [2.45, 2.75) is 91.4 Å². The summed E-state index contributed by atoms with van der Waals surface area (Å²) < 4.78 is 0. The fourth-order valence-electron chi connectivity index (χ4n) is 3.58. The fourth-order valence-corrected chi connectivity index (χ4v) is 3.58. The largest absolute Gasteiger partial charge is 0.478 e. The van der Waals surface area contributed by atoms with Crippen LogP contribution in [0.5, 0.6) is 0 Å². The summed E-state index contributed by atoms with van der Waals surface area (Å²) in [6, 6.07) is 2.71. The molecule has 0 saturated carbocycles. The Balaban J connectivity index is 2.31. The van der Waals surface area contributed by atoms with E-state index in [9.17, 15) is 20.0 Å². The van der Waals surface area contributed by atoms with Crippen molar-refractivity contribution in [3.8, 4) is 0 Å². The number of nitro groups is 1. The molecule has 1 atom stereocenters. The number of anilines is 1. The summed E-state index contributed by atoms with van der Waals surface area (Å²) in [5, 5.41) is 23.6. The molecule has 164 valence electrons. The Morgan fingerprint density at radius 3 is 2.14 bits per heavy atom. The molecule has 0 aliphatic heterocycles. The molecule has 0 fully saturated rings. The zero-order chi connectivity index (χ0) is 21.6. The van der Waals surface area contributed by atoms with Gasteiger partial charge in [0.1, 0.15) is 0 Å². The van der Waals surface area contributed by atoms with Crippen molar-refractivity contribution in [3.63, 3.8) is 0 Å². The van der Waals surface area contributed by atoms with Gasteiger partial charge >= 0.3 is 5.97 Å². The monoisotopic (exact) mass is 406 g/mol. The predicted molar refractivity (Wildman–Crippen MR) is 119 cm³/mol. The molecule has 0 heterocycles. The van der Waals surface area contributed by atoms with Gasteiger partial charge in [-0.05, 0) is 25.3 Å². The second kappa shape index (κ2) is 14.0. The van der Waals surface area contributed by atoms with E-state index in [2.05, 4.69) is 19.2 Å². The maximum Gasteiger partial charge on any atom is 0.338 e. The van der Waals surface area contributed by atoms with Crippen LogP contribution in [0.4, 0.5) is 11.4 Å². The molecule has 6 heteroatoms. The van der Waals surface area contributed by atoms with E-state index in [0.717, 1.165) is 12.5 Å². The van der Waals surface area contributed by atoms with Crippen LogP contribution < -0.4 is 5.32 Å². The van der Waals surface area contributed by atoms with E-state index in [1.807, 2.05) is 0 Å². The third-order valence-corrected chi connectivity index (χ3v) is 5.45. The number of aromatic carboxylic acids is 1. The van der Waals surface area contributed by atoms with Gasteiger partial charge in [-0.3, -0.25) is 10.1 Å². The highest BCUT2D eigenvalue weighted by atomic mass is 16.6. The van der Waals surface area contributed by atoms with Gasteiger partial charge in [0, 0.05) is 23.9 Å². The molecular weight excluding hydrogens is 368 g/mol. The van der Waals surface area contributed by atoms with Crippen LogP contribution in [0.2, 0.25) is 0 Å². The van der Waals surface area contributed by atoms with Crippen LogP contribution in [-0.2, 0) is 0 Å². The Morgan fingerprint density at radius 1 is 1.07 bits per heavy atom. The quantitative estimate of drug-likeness (QED) is 0.176. The molecule has 6 nitrogen and oxygen atoms in total. The third kappa shape index (κ3) is 9.77. The number of carboxylic acid groups (broad SMARTS) is 1. The van der Waals surface area contributed by atoms with Crippen LogP contribution in [0.15, 0.2) is 12.1 Å². The van der Waals surface area contributed by atoms with Gasteiger partial charge in [0.25, 0.3) is 5.69 Å². The molecule has 0 saturated heterocycles. The molecule has 1 aromatic rings. The summed E-state index contributed by atoms with van der Waals surface area (Å²) in [5.41, 5.74) is 0.708. The summed E-state index contributed by atoms with van der Waals surface area (Å²) in [6.45, 7) is 6.69. The number of benzene rings is 1. The summed E-state index contributed by atoms with van der Waals surface area (Å²) in [5.74, 6) is -0.737. The number of rotatable bonds is 16. The average Bonchev–Trinajstić information content (AvgIpc) is 2.67. The van der Waals surface area contributed by atoms with Crippen LogP contribution in [-0.4, -0.2) is 22.5 Å². The van der Waals surface area contributed by atoms with E-state index in [0.29, 0.717) is 23.7 Å². The summed E-state index contributed by atoms with van der Waals surface area (Å²) >= 11 is 0. The van der Waals surface area contributed by atoms with Crippen molar-refractivity contribution < 1.29 is 14.8 Å². The highest BCUT2D eigenvalue weighted by Gasteiger charge is 2.19. The SMILES string of the molecule is CCCCCCCCCCCCC(C)CNc1cc(C)c([N+](=O)[O-])cc1C(=O)O. The summed E-state index contributed by atoms with van der Waals surface area (Å²) in [6.07, 6.45) is 14.3. The number of carboxylic acids is 1. The van der Waals surface area contributed by atoms with Crippen molar-refractivity contribution in [1.29, 1.82) is 0 Å². The number of unbranched alkanes of at least 4 members (excludes halogenated alkanes) is 9. The minimum Gasteiger partial charge on any atom is -0.478 e. The number of nitrogens with one attached hydrogen (secondary N) is 1. The average molecular weight is 407 g/mol. The van der Waals surface area contributed by atoms with Crippen molar-refractivity contribution in [2.75, 3.05) is 11.9 Å². The Labute approximate surface area is 175 Å². The maximum atomic E-state index is 11.5. The van der Waals surface area contributed by atoms with Gasteiger partial charge in [-0.2, -0.15) is 0 Å². The van der Waals surface area contributed by atoms with Gasteiger partial charge in [-0.25, -0.2) is 4.79 Å². The van der Waals surface area contributed by atoms with Gasteiger partial charge in [0.15, 0.2) is 0 Å². The lowest BCUT2D eigenvalue weighted by Gasteiger charge is -2.15. The van der Waals surface area contributed by atoms with Crippen molar-refractivity contribution in [1.82, 2.24) is 0 Å². The van der Waals surface area contributed by atoms with Gasteiger partial charge in [-0.15, -0.1) is 0 Å². The number of aryl methyl sites for hydroxylation is 1. The maximum absolute atomic E-state index is 11.5. The molecule has 0 amide bonds. The van der Waals surface area contributed by atoms with Gasteiger partial charge in [0.05, 0.1) is 10.5 Å². The molecule has 0 radical (unpaired) electrons. The van der Waals surface area contributed by atoms with Crippen LogP contribution in [0, 0.1) is 23.0 Å². The predicted octanol–water partition coefficient (Wildman–Crippen LogP) is 6.96. The smallest absolute Gasteiger partial charge is 0.338 e. The number of hydrogen-bond donors (Lipinski definition) is 2. The highest BCUT2D eigenvalue weighted by molar-refractivity contribution is 5.95. The first-order chi connectivity index (χ1) is 13.9. The summed E-state index contributed by atoms with van der Waals surface area (Å²) in [7, 11) is 0. The molecule has 0 spiro atoms. The Hall–Kier alpha value is -2.11. The molecule has 0 aromatic heterocycles. The zero-order valence-electron chi connectivity index (χ0n) is 18.3. The fraction of sp³-hybridized carbons (Fsp3) is 0.696. The molecule has 1 rings (SSSR count). The standard InChI is InChI=1S/C23H38N2O4/c1-4-5-6-7-8-9-10-11-12-13-14-18(2)17-24-21-15-19(3)22(25(28)29)16-20(21)23(26)27/h15-16,18,24H,4-14,17H2,1-3H3,(H,26,27). The lowest BCUT2D eigenvalue weighted by atomic mass is 10.0. The van der Waals surface area contributed by atoms with Crippen LogP contribution in [0.3, 0.4) is 0 Å². The number of hydrogen-bond acceptors (Lipinski definition) is 4. The van der Waals surface area contributed by atoms with Crippen molar-refractivity contribution in [3.05, 3.63) is 33.4 Å². The van der Waals surface area contributed by atoms with E-state index in [1.54, 1.807) is 13.0 Å². The van der Waals surface area contributed by atoms with Gasteiger partial charge in [0.2, 0.25) is 0 Å². The number of carbonyl (C=O) groups is 1. The number of nitrogens with zero attached hydrogens (tertiary/aromatic N) is 1. The molecule has 0 bridgehead atoms. The molecule has 29 heavy (non-hydrogen) atoms. The first-order valence-corrected chi connectivity index (χ1v) is 11.1. The molecule has 2 N–H and O–H groups in total. The van der Waals surface area contributed by atoms with Crippen molar-refractivity contribution >= 4 is 17.3 Å². The van der Waals surface area contributed by atoms with E-state index >= 15 is 0 Å². The lowest BCUT2D eigenvalue weighted by Crippen LogP contribution is -2.14. The van der Waals surface area contributed by atoms with E-state index in [1.165, 1.54) is 64.2 Å². The molecule has 0 aliphatic carbocycles. The highest BCUT2D eigenvalue weighted by Crippen LogP contribution is 2.27. The first kappa shape index (κ1) is 24.9. The zero-order valence-corrected chi connectivity index (χ0v) is 18.3. The summed E-state index contributed by atoms with van der Waals surface area (Å²) in [4.78, 5) is 22.0. The lowest BCUT2D eigenvalue weighted by molar-refractivity contribution is -0.385. The van der Waals surface area contributed by atoms with Crippen LogP contribution in [0.25, 0.3) is 0 Å². The van der Waals surface area contributed by atoms with Gasteiger partial charge in [-0.1, -0.05) is 78.1 Å². The Morgan fingerprint density at radius 2 is 1.62 bits per heavy atom. The number of nitro benzene ring substituents is 1. The van der Waals surface area contributed by atoms with Gasteiger partial charge < -0.3 is 10.4 Å². The molecular formula is C23H38N2O4. The molecule has 1 unspecified atom stereocenters. The Bertz CT molecular complexity index is 646. The molecule has 1 aromatic carbocycles. The van der Waals surface area contributed by atoms with Crippen molar-refractivity contribution in [2.24, 2.45) is 5.92 Å². The second-order valence-corrected chi connectivity index (χ2v) is 8.20.